The SMILES string of the molecule is COc1ccccc1CCNC(=O)C1c2ccccc2C(=O)N1CC(OC)OC. The first-order valence-electron chi connectivity index (χ1n) is 9.45. The van der Waals surface area contributed by atoms with Crippen LogP contribution in [0.1, 0.15) is 27.5 Å². The third-order valence-electron chi connectivity index (χ3n) is 5.06. The van der Waals surface area contributed by atoms with E-state index in [1.807, 2.05) is 36.4 Å². The van der Waals surface area contributed by atoms with Gasteiger partial charge in [-0.1, -0.05) is 36.4 Å². The van der Waals surface area contributed by atoms with Crippen LogP contribution in [-0.2, 0) is 20.7 Å². The van der Waals surface area contributed by atoms with E-state index in [-0.39, 0.29) is 18.4 Å². The fraction of sp³-hybridized carbons (Fsp3) is 0.364. The van der Waals surface area contributed by atoms with Crippen molar-refractivity contribution in [1.29, 1.82) is 0 Å². The number of carbonyl (C=O) groups excluding carboxylic acids is 2. The van der Waals surface area contributed by atoms with Gasteiger partial charge in [-0.15, -0.1) is 0 Å². The Bertz CT molecular complexity index is 866. The maximum Gasteiger partial charge on any atom is 0.255 e. The monoisotopic (exact) mass is 398 g/mol. The Morgan fingerprint density at radius 1 is 1.07 bits per heavy atom. The van der Waals surface area contributed by atoms with Gasteiger partial charge in [0.25, 0.3) is 5.91 Å². The largest absolute Gasteiger partial charge is 0.496 e. The van der Waals surface area contributed by atoms with Gasteiger partial charge >= 0.3 is 0 Å². The zero-order chi connectivity index (χ0) is 20.8. The minimum atomic E-state index is -0.718. The van der Waals surface area contributed by atoms with Gasteiger partial charge in [-0.3, -0.25) is 9.59 Å². The van der Waals surface area contributed by atoms with Crippen molar-refractivity contribution in [1.82, 2.24) is 10.2 Å². The number of ether oxygens (including phenoxy) is 3. The summed E-state index contributed by atoms with van der Waals surface area (Å²) in [5.74, 6) is 0.349. The smallest absolute Gasteiger partial charge is 0.255 e. The zero-order valence-electron chi connectivity index (χ0n) is 16.9. The van der Waals surface area contributed by atoms with E-state index in [2.05, 4.69) is 5.32 Å². The predicted octanol–water partition coefficient (Wildman–Crippen LogP) is 2.17. The van der Waals surface area contributed by atoms with Crippen LogP contribution in [0.5, 0.6) is 5.75 Å². The molecule has 154 valence electrons. The second-order valence-corrected chi connectivity index (χ2v) is 6.70. The van der Waals surface area contributed by atoms with Crippen molar-refractivity contribution in [2.45, 2.75) is 18.8 Å². The molecule has 0 spiro atoms. The van der Waals surface area contributed by atoms with Gasteiger partial charge in [-0.2, -0.15) is 0 Å². The number of benzene rings is 2. The molecular formula is C22H26N2O5. The molecule has 0 saturated heterocycles. The molecule has 2 aromatic carbocycles. The lowest BCUT2D eigenvalue weighted by atomic mass is 10.0. The van der Waals surface area contributed by atoms with Crippen LogP contribution < -0.4 is 10.1 Å². The maximum atomic E-state index is 13.0. The number of fused-ring (bicyclic) bond motifs is 1. The molecule has 0 fully saturated rings. The first kappa shape index (κ1) is 20.8. The van der Waals surface area contributed by atoms with Crippen LogP contribution in [0.3, 0.4) is 0 Å². The highest BCUT2D eigenvalue weighted by atomic mass is 16.7. The number of methoxy groups -OCH3 is 3. The molecule has 1 unspecified atom stereocenters. The maximum absolute atomic E-state index is 13.0. The van der Waals surface area contributed by atoms with Crippen LogP contribution in [-0.4, -0.2) is 57.4 Å². The number of nitrogens with one attached hydrogen (secondary N) is 1. The van der Waals surface area contributed by atoms with Crippen molar-refractivity contribution in [2.24, 2.45) is 0 Å². The molecule has 0 saturated carbocycles. The molecule has 7 nitrogen and oxygen atoms in total. The number of nitrogens with zero attached hydrogens (tertiary/aromatic N) is 1. The number of amides is 2. The van der Waals surface area contributed by atoms with E-state index in [1.165, 1.54) is 19.1 Å². The van der Waals surface area contributed by atoms with Gasteiger partial charge in [0.05, 0.1) is 13.7 Å². The molecule has 2 aromatic rings. The van der Waals surface area contributed by atoms with Crippen LogP contribution in [0.4, 0.5) is 0 Å². The number of carbonyl (C=O) groups is 2. The molecule has 1 heterocycles. The highest BCUT2D eigenvalue weighted by Gasteiger charge is 2.41. The molecule has 1 N–H and O–H groups in total. The second kappa shape index (κ2) is 9.54. The van der Waals surface area contributed by atoms with E-state index in [0.717, 1.165) is 11.3 Å². The Labute approximate surface area is 170 Å². The quantitative estimate of drug-likeness (QED) is 0.655. The molecule has 29 heavy (non-hydrogen) atoms. The summed E-state index contributed by atoms with van der Waals surface area (Å²) < 4.78 is 15.8. The second-order valence-electron chi connectivity index (χ2n) is 6.70. The highest BCUT2D eigenvalue weighted by Crippen LogP contribution is 2.34. The van der Waals surface area contributed by atoms with Crippen molar-refractivity contribution >= 4 is 11.8 Å². The summed E-state index contributed by atoms with van der Waals surface area (Å²) in [5, 5.41) is 2.96. The van der Waals surface area contributed by atoms with Gasteiger partial charge in [-0.05, 0) is 29.7 Å². The molecule has 0 aliphatic carbocycles. The number of hydrogen-bond acceptors (Lipinski definition) is 5. The zero-order valence-corrected chi connectivity index (χ0v) is 16.9. The first-order valence-corrected chi connectivity index (χ1v) is 9.45. The number of rotatable bonds is 9. The molecular weight excluding hydrogens is 372 g/mol. The van der Waals surface area contributed by atoms with Crippen LogP contribution in [0, 0.1) is 0 Å². The van der Waals surface area contributed by atoms with Gasteiger partial charge in [0.15, 0.2) is 6.29 Å². The normalized spacial score (nSPS) is 15.5. The van der Waals surface area contributed by atoms with Crippen LogP contribution in [0.2, 0.25) is 0 Å². The number of para-hydroxylation sites is 1. The van der Waals surface area contributed by atoms with Crippen molar-refractivity contribution in [3.63, 3.8) is 0 Å². The van der Waals surface area contributed by atoms with Gasteiger partial charge in [0.2, 0.25) is 5.91 Å². The third-order valence-corrected chi connectivity index (χ3v) is 5.06. The summed E-state index contributed by atoms with van der Waals surface area (Å²) in [6.07, 6.45) is 0.00810. The van der Waals surface area contributed by atoms with Gasteiger partial charge < -0.3 is 24.4 Å². The molecule has 0 aromatic heterocycles. The Morgan fingerprint density at radius 3 is 2.48 bits per heavy atom. The van der Waals surface area contributed by atoms with E-state index in [9.17, 15) is 9.59 Å². The highest BCUT2D eigenvalue weighted by molar-refractivity contribution is 6.04. The minimum absolute atomic E-state index is 0.158. The van der Waals surface area contributed by atoms with Crippen LogP contribution >= 0.6 is 0 Å². The Kier molecular flexibility index (Phi) is 6.85. The lowest BCUT2D eigenvalue weighted by Crippen LogP contribution is -2.43. The van der Waals surface area contributed by atoms with Gasteiger partial charge in [0.1, 0.15) is 11.8 Å². The molecule has 0 bridgehead atoms. The fourth-order valence-electron chi connectivity index (χ4n) is 3.57. The molecule has 3 rings (SSSR count). The Morgan fingerprint density at radius 2 is 1.76 bits per heavy atom. The molecule has 2 amide bonds. The standard InChI is InChI=1S/C22H26N2O5/c1-27-18-11-7-4-8-15(18)12-13-23-21(25)20-16-9-5-6-10-17(16)22(26)24(20)14-19(28-2)29-3/h4-11,19-20H,12-14H2,1-3H3,(H,23,25). The Hall–Kier alpha value is -2.90. The molecule has 1 aliphatic rings. The van der Waals surface area contributed by atoms with E-state index >= 15 is 0 Å². The number of hydrogen-bond donors (Lipinski definition) is 1. The van der Waals surface area contributed by atoms with Crippen molar-refractivity contribution < 1.29 is 23.8 Å². The van der Waals surface area contributed by atoms with E-state index < -0.39 is 12.3 Å². The minimum Gasteiger partial charge on any atom is -0.496 e. The average Bonchev–Trinajstić information content (AvgIpc) is 3.04. The van der Waals surface area contributed by atoms with E-state index in [4.69, 9.17) is 14.2 Å². The summed E-state index contributed by atoms with van der Waals surface area (Å²) in [5.41, 5.74) is 2.23. The lowest BCUT2D eigenvalue weighted by Gasteiger charge is -2.27. The summed E-state index contributed by atoms with van der Waals surface area (Å²) in [7, 11) is 4.63. The lowest BCUT2D eigenvalue weighted by molar-refractivity contribution is -0.132. The van der Waals surface area contributed by atoms with E-state index in [1.54, 1.807) is 19.2 Å². The van der Waals surface area contributed by atoms with E-state index in [0.29, 0.717) is 24.1 Å². The van der Waals surface area contributed by atoms with Crippen LogP contribution in [0.15, 0.2) is 48.5 Å². The average molecular weight is 398 g/mol. The molecule has 7 heteroatoms. The van der Waals surface area contributed by atoms with Crippen molar-refractivity contribution in [3.05, 3.63) is 65.2 Å². The predicted molar refractivity (Wildman–Crippen MR) is 108 cm³/mol. The molecule has 0 radical (unpaired) electrons. The summed E-state index contributed by atoms with van der Waals surface area (Å²) in [6.45, 7) is 0.586. The van der Waals surface area contributed by atoms with Gasteiger partial charge in [-0.25, -0.2) is 0 Å². The summed E-state index contributed by atoms with van der Waals surface area (Å²) in [4.78, 5) is 27.4. The summed E-state index contributed by atoms with van der Waals surface area (Å²) in [6, 6.07) is 14.1. The Balaban J connectivity index is 1.74. The van der Waals surface area contributed by atoms with Crippen molar-refractivity contribution in [3.8, 4) is 5.75 Å². The fourth-order valence-corrected chi connectivity index (χ4v) is 3.57. The van der Waals surface area contributed by atoms with Crippen LogP contribution in [0.25, 0.3) is 0 Å². The van der Waals surface area contributed by atoms with Crippen molar-refractivity contribution in [2.75, 3.05) is 34.4 Å². The third kappa shape index (κ3) is 4.41. The first-order chi connectivity index (χ1) is 14.1. The summed E-state index contributed by atoms with van der Waals surface area (Å²) >= 11 is 0. The molecule has 1 atom stereocenters. The topological polar surface area (TPSA) is 77.1 Å². The van der Waals surface area contributed by atoms with Gasteiger partial charge in [0, 0.05) is 26.3 Å². The molecule has 1 aliphatic heterocycles.